The van der Waals surface area contributed by atoms with E-state index in [1.807, 2.05) is 14.0 Å². The molecule has 1 heterocycles. The third kappa shape index (κ3) is 5.99. The monoisotopic (exact) mass is 300 g/mol. The van der Waals surface area contributed by atoms with E-state index in [-0.39, 0.29) is 18.9 Å². The SMILES string of the molecule is CC1CN(C)CCC1NC(=O)N[C@H](CCC(N)=O)C(=O)O. The summed E-state index contributed by atoms with van der Waals surface area (Å²) in [5, 5.41) is 14.2. The number of likely N-dealkylation sites (tertiary alicyclic amines) is 1. The molecule has 0 aliphatic carbocycles. The van der Waals surface area contributed by atoms with E-state index in [9.17, 15) is 14.4 Å². The molecule has 0 aromatic carbocycles. The summed E-state index contributed by atoms with van der Waals surface area (Å²) >= 11 is 0. The zero-order valence-corrected chi connectivity index (χ0v) is 12.5. The number of nitrogens with zero attached hydrogens (tertiary/aromatic N) is 1. The Hall–Kier alpha value is -1.83. The number of carboxylic acids is 1. The molecule has 3 amide bonds. The van der Waals surface area contributed by atoms with E-state index in [0.717, 1.165) is 19.5 Å². The molecule has 8 heteroatoms. The molecule has 1 rings (SSSR count). The quantitative estimate of drug-likeness (QED) is 0.518. The van der Waals surface area contributed by atoms with Gasteiger partial charge in [-0.25, -0.2) is 9.59 Å². The van der Waals surface area contributed by atoms with Gasteiger partial charge < -0.3 is 26.4 Å². The molecule has 1 aliphatic heterocycles. The Bertz CT molecular complexity index is 402. The Balaban J connectivity index is 2.46. The van der Waals surface area contributed by atoms with Crippen LogP contribution in [0, 0.1) is 5.92 Å². The van der Waals surface area contributed by atoms with E-state index in [1.54, 1.807) is 0 Å². The Morgan fingerprint density at radius 2 is 2.10 bits per heavy atom. The Labute approximate surface area is 124 Å². The van der Waals surface area contributed by atoms with Crippen molar-refractivity contribution in [2.24, 2.45) is 11.7 Å². The molecule has 8 nitrogen and oxygen atoms in total. The first-order chi connectivity index (χ1) is 9.79. The lowest BCUT2D eigenvalue weighted by molar-refractivity contribution is -0.139. The fourth-order valence-electron chi connectivity index (χ4n) is 2.48. The highest BCUT2D eigenvalue weighted by Crippen LogP contribution is 2.15. The molecule has 3 atom stereocenters. The van der Waals surface area contributed by atoms with E-state index in [0.29, 0.717) is 5.92 Å². The number of hydrogen-bond donors (Lipinski definition) is 4. The molecule has 1 saturated heterocycles. The van der Waals surface area contributed by atoms with Crippen molar-refractivity contribution in [3.8, 4) is 0 Å². The van der Waals surface area contributed by atoms with E-state index in [2.05, 4.69) is 15.5 Å². The van der Waals surface area contributed by atoms with Crippen LogP contribution in [0.2, 0.25) is 0 Å². The van der Waals surface area contributed by atoms with Gasteiger partial charge in [-0.3, -0.25) is 4.79 Å². The molecule has 0 aromatic rings. The molecule has 5 N–H and O–H groups in total. The molecule has 0 bridgehead atoms. The number of urea groups is 1. The minimum atomic E-state index is -1.18. The van der Waals surface area contributed by atoms with Gasteiger partial charge in [0.25, 0.3) is 0 Å². The zero-order valence-electron chi connectivity index (χ0n) is 12.5. The summed E-state index contributed by atoms with van der Waals surface area (Å²) in [6.45, 7) is 3.82. The number of piperidine rings is 1. The number of nitrogens with two attached hydrogens (primary N) is 1. The van der Waals surface area contributed by atoms with Crippen LogP contribution in [0.1, 0.15) is 26.2 Å². The van der Waals surface area contributed by atoms with Gasteiger partial charge in [0.1, 0.15) is 6.04 Å². The molecule has 0 aromatic heterocycles. The van der Waals surface area contributed by atoms with Crippen molar-refractivity contribution in [1.82, 2.24) is 15.5 Å². The highest BCUT2D eigenvalue weighted by molar-refractivity contribution is 5.83. The van der Waals surface area contributed by atoms with E-state index >= 15 is 0 Å². The number of nitrogens with one attached hydrogen (secondary N) is 2. The molecule has 1 aliphatic rings. The van der Waals surface area contributed by atoms with Crippen LogP contribution in [0.25, 0.3) is 0 Å². The highest BCUT2D eigenvalue weighted by Gasteiger charge is 2.27. The standard InChI is InChI=1S/C13H24N4O4/c1-8-7-17(2)6-5-9(8)15-13(21)16-10(12(19)20)3-4-11(14)18/h8-10H,3-7H2,1-2H3,(H2,14,18)(H,19,20)(H2,15,16,21)/t8?,9?,10-/m1/s1. The second kappa shape index (κ2) is 7.82. The zero-order chi connectivity index (χ0) is 16.0. The van der Waals surface area contributed by atoms with Gasteiger partial charge >= 0.3 is 12.0 Å². The molecule has 1 fully saturated rings. The van der Waals surface area contributed by atoms with Gasteiger partial charge in [0.05, 0.1) is 0 Å². The Morgan fingerprint density at radius 3 is 2.62 bits per heavy atom. The molecule has 0 radical (unpaired) electrons. The smallest absolute Gasteiger partial charge is 0.326 e. The normalized spacial score (nSPS) is 24.1. The summed E-state index contributed by atoms with van der Waals surface area (Å²) in [7, 11) is 2.02. The van der Waals surface area contributed by atoms with Crippen molar-refractivity contribution in [3.63, 3.8) is 0 Å². The molecular weight excluding hydrogens is 276 g/mol. The summed E-state index contributed by atoms with van der Waals surface area (Å²) in [6.07, 6.45) is 0.729. The van der Waals surface area contributed by atoms with Crippen molar-refractivity contribution >= 4 is 17.9 Å². The van der Waals surface area contributed by atoms with E-state index in [1.165, 1.54) is 0 Å². The second-order valence-corrected chi connectivity index (χ2v) is 5.65. The van der Waals surface area contributed by atoms with Crippen LogP contribution in [0.3, 0.4) is 0 Å². The van der Waals surface area contributed by atoms with Crippen LogP contribution in [0.5, 0.6) is 0 Å². The van der Waals surface area contributed by atoms with Gasteiger partial charge in [0, 0.05) is 19.0 Å². The van der Waals surface area contributed by atoms with Crippen molar-refractivity contribution in [2.75, 3.05) is 20.1 Å². The maximum absolute atomic E-state index is 11.9. The van der Waals surface area contributed by atoms with Gasteiger partial charge in [0.2, 0.25) is 5.91 Å². The van der Waals surface area contributed by atoms with Crippen LogP contribution >= 0.6 is 0 Å². The maximum Gasteiger partial charge on any atom is 0.326 e. The summed E-state index contributed by atoms with van der Waals surface area (Å²) in [5.41, 5.74) is 4.99. The van der Waals surface area contributed by atoms with Gasteiger partial charge in [-0.05, 0) is 32.4 Å². The molecule has 0 spiro atoms. The average molecular weight is 300 g/mol. The van der Waals surface area contributed by atoms with E-state index < -0.39 is 23.9 Å². The van der Waals surface area contributed by atoms with Crippen LogP contribution in [-0.4, -0.2) is 60.1 Å². The largest absolute Gasteiger partial charge is 0.480 e. The number of rotatable bonds is 6. The fraction of sp³-hybridized carbons (Fsp3) is 0.769. The average Bonchev–Trinajstić information content (AvgIpc) is 2.37. The number of hydrogen-bond acceptors (Lipinski definition) is 4. The number of carbonyl (C=O) groups excluding carboxylic acids is 2. The molecule has 0 saturated carbocycles. The topological polar surface area (TPSA) is 125 Å². The molecule has 21 heavy (non-hydrogen) atoms. The van der Waals surface area contributed by atoms with Crippen LogP contribution in [0.15, 0.2) is 0 Å². The highest BCUT2D eigenvalue weighted by atomic mass is 16.4. The lowest BCUT2D eigenvalue weighted by Gasteiger charge is -2.35. The van der Waals surface area contributed by atoms with E-state index in [4.69, 9.17) is 10.8 Å². The first kappa shape index (κ1) is 17.2. The predicted octanol–water partition coefficient (Wildman–Crippen LogP) is -0.655. The van der Waals surface area contributed by atoms with Gasteiger partial charge in [-0.1, -0.05) is 6.92 Å². The summed E-state index contributed by atoms with van der Waals surface area (Å²) in [4.78, 5) is 35.8. The minimum absolute atomic E-state index is 0.0129. The number of carboxylic acid groups (broad SMARTS) is 1. The number of amides is 3. The lowest BCUT2D eigenvalue weighted by atomic mass is 9.94. The van der Waals surface area contributed by atoms with Crippen LogP contribution < -0.4 is 16.4 Å². The summed E-state index contributed by atoms with van der Waals surface area (Å²) in [5.74, 6) is -1.47. The Kier molecular flexibility index (Phi) is 6.41. The summed E-state index contributed by atoms with van der Waals surface area (Å²) in [6, 6.07) is -1.61. The van der Waals surface area contributed by atoms with Gasteiger partial charge in [0.15, 0.2) is 0 Å². The number of aliphatic carboxylic acids is 1. The van der Waals surface area contributed by atoms with Crippen molar-refractivity contribution in [3.05, 3.63) is 0 Å². The third-order valence-corrected chi connectivity index (χ3v) is 3.71. The third-order valence-electron chi connectivity index (χ3n) is 3.71. The number of carbonyl (C=O) groups is 3. The van der Waals surface area contributed by atoms with Crippen molar-refractivity contribution < 1.29 is 19.5 Å². The first-order valence-corrected chi connectivity index (χ1v) is 7.06. The van der Waals surface area contributed by atoms with Crippen molar-refractivity contribution in [1.29, 1.82) is 0 Å². The molecule has 120 valence electrons. The first-order valence-electron chi connectivity index (χ1n) is 7.06. The van der Waals surface area contributed by atoms with Crippen LogP contribution in [-0.2, 0) is 9.59 Å². The molecule has 2 unspecified atom stereocenters. The fourth-order valence-corrected chi connectivity index (χ4v) is 2.48. The predicted molar refractivity (Wildman–Crippen MR) is 76.6 cm³/mol. The lowest BCUT2D eigenvalue weighted by Crippen LogP contribution is -2.54. The molecular formula is C13H24N4O4. The minimum Gasteiger partial charge on any atom is -0.480 e. The maximum atomic E-state index is 11.9. The number of primary amides is 1. The van der Waals surface area contributed by atoms with Crippen molar-refractivity contribution in [2.45, 2.75) is 38.3 Å². The van der Waals surface area contributed by atoms with Crippen LogP contribution in [0.4, 0.5) is 4.79 Å². The summed E-state index contributed by atoms with van der Waals surface area (Å²) < 4.78 is 0. The van der Waals surface area contributed by atoms with Gasteiger partial charge in [-0.2, -0.15) is 0 Å². The van der Waals surface area contributed by atoms with Gasteiger partial charge in [-0.15, -0.1) is 0 Å². The Morgan fingerprint density at radius 1 is 1.43 bits per heavy atom. The second-order valence-electron chi connectivity index (χ2n) is 5.65.